The van der Waals surface area contributed by atoms with Crippen molar-refractivity contribution >= 4 is 21.6 Å². The van der Waals surface area contributed by atoms with Crippen LogP contribution >= 0.6 is 0 Å². The van der Waals surface area contributed by atoms with Crippen molar-refractivity contribution in [3.05, 3.63) is 77.9 Å². The second kappa shape index (κ2) is 8.43. The van der Waals surface area contributed by atoms with E-state index in [1.54, 1.807) is 24.3 Å². The number of carbonyl (C=O) groups excluding carboxylic acids is 1. The quantitative estimate of drug-likeness (QED) is 0.636. The van der Waals surface area contributed by atoms with Crippen LogP contribution in [0.1, 0.15) is 18.1 Å². The molecule has 3 aromatic rings. The molecule has 0 aromatic heterocycles. The lowest BCUT2D eigenvalue weighted by Gasteiger charge is -2.31. The zero-order chi connectivity index (χ0) is 22.0. The number of hydrogen-bond acceptors (Lipinski definition) is 4. The van der Waals surface area contributed by atoms with Crippen LogP contribution in [0.3, 0.4) is 0 Å². The predicted octanol–water partition coefficient (Wildman–Crippen LogP) is 3.89. The molecule has 3 aromatic carbocycles. The van der Waals surface area contributed by atoms with E-state index in [1.807, 2.05) is 56.3 Å². The maximum absolute atomic E-state index is 13.3. The first-order valence-electron chi connectivity index (χ1n) is 10.1. The van der Waals surface area contributed by atoms with Crippen molar-refractivity contribution in [2.45, 2.75) is 25.3 Å². The fraction of sp³-hybridized carbons (Fsp3) is 0.208. The summed E-state index contributed by atoms with van der Waals surface area (Å²) in [4.78, 5) is 13.0. The second-order valence-corrected chi connectivity index (χ2v) is 9.18. The Labute approximate surface area is 182 Å². The third kappa shape index (κ3) is 4.01. The molecule has 0 saturated carbocycles. The molecule has 4 rings (SSSR count). The van der Waals surface area contributed by atoms with E-state index in [1.165, 1.54) is 4.31 Å². The van der Waals surface area contributed by atoms with Crippen LogP contribution < -0.4 is 14.4 Å². The Balaban J connectivity index is 1.61. The Kier molecular flexibility index (Phi) is 5.69. The predicted molar refractivity (Wildman–Crippen MR) is 121 cm³/mol. The molecule has 0 radical (unpaired) electrons. The zero-order valence-corrected chi connectivity index (χ0v) is 18.3. The number of para-hydroxylation sites is 1. The Bertz CT molecular complexity index is 1240. The highest BCUT2D eigenvalue weighted by molar-refractivity contribution is 7.93. The van der Waals surface area contributed by atoms with Crippen molar-refractivity contribution in [1.29, 1.82) is 0 Å². The van der Waals surface area contributed by atoms with Crippen LogP contribution in [0.2, 0.25) is 0 Å². The van der Waals surface area contributed by atoms with E-state index in [0.717, 1.165) is 16.7 Å². The number of nitrogens with one attached hydrogen (secondary N) is 1. The van der Waals surface area contributed by atoms with Crippen LogP contribution in [0.15, 0.2) is 71.6 Å². The number of sulfonamides is 1. The van der Waals surface area contributed by atoms with E-state index < -0.39 is 10.0 Å². The summed E-state index contributed by atoms with van der Waals surface area (Å²) in [7, 11) is -3.86. The lowest BCUT2D eigenvalue weighted by atomic mass is 10.0. The number of rotatable bonds is 6. The molecule has 1 heterocycles. The molecule has 0 unspecified atom stereocenters. The van der Waals surface area contributed by atoms with Crippen LogP contribution in [-0.4, -0.2) is 27.5 Å². The highest BCUT2D eigenvalue weighted by atomic mass is 32.2. The van der Waals surface area contributed by atoms with Crippen LogP contribution in [0, 0.1) is 6.92 Å². The molecule has 0 saturated heterocycles. The zero-order valence-electron chi connectivity index (χ0n) is 17.5. The Hall–Kier alpha value is -3.32. The maximum Gasteiger partial charge on any atom is 0.265 e. The number of aryl methyl sites for hydroxylation is 1. The first-order valence-corrected chi connectivity index (χ1v) is 11.6. The van der Waals surface area contributed by atoms with Crippen molar-refractivity contribution in [3.63, 3.8) is 0 Å². The molecular weight excluding hydrogens is 412 g/mol. The van der Waals surface area contributed by atoms with Crippen molar-refractivity contribution in [1.82, 2.24) is 5.32 Å². The van der Waals surface area contributed by atoms with Gasteiger partial charge in [-0.1, -0.05) is 48.0 Å². The van der Waals surface area contributed by atoms with Gasteiger partial charge in [-0.15, -0.1) is 0 Å². The number of amides is 1. The summed E-state index contributed by atoms with van der Waals surface area (Å²) in [6.07, 6.45) is 0. The molecular formula is C24H24N2O4S. The Morgan fingerprint density at radius 3 is 2.55 bits per heavy atom. The van der Waals surface area contributed by atoms with Crippen LogP contribution in [0.25, 0.3) is 11.1 Å². The summed E-state index contributed by atoms with van der Waals surface area (Å²) >= 11 is 0. The van der Waals surface area contributed by atoms with E-state index in [0.29, 0.717) is 23.6 Å². The minimum Gasteiger partial charge on any atom is -0.494 e. The van der Waals surface area contributed by atoms with Gasteiger partial charge in [0.25, 0.3) is 10.0 Å². The SMILES string of the molecule is CCOc1ccccc1CNC(=O)CN1c2ccc(C)cc2-c2ccccc2S1(=O)=O. The number of ether oxygens (including phenoxy) is 1. The van der Waals surface area contributed by atoms with Gasteiger partial charge in [0.15, 0.2) is 0 Å². The topological polar surface area (TPSA) is 75.7 Å². The largest absolute Gasteiger partial charge is 0.494 e. The molecule has 31 heavy (non-hydrogen) atoms. The smallest absolute Gasteiger partial charge is 0.265 e. The van der Waals surface area contributed by atoms with Gasteiger partial charge >= 0.3 is 0 Å². The van der Waals surface area contributed by atoms with Gasteiger partial charge in [-0.25, -0.2) is 8.42 Å². The Morgan fingerprint density at radius 2 is 1.74 bits per heavy atom. The van der Waals surface area contributed by atoms with Crippen molar-refractivity contribution in [3.8, 4) is 16.9 Å². The summed E-state index contributed by atoms with van der Waals surface area (Å²) in [6, 6.07) is 19.9. The first-order chi connectivity index (χ1) is 14.9. The van der Waals surface area contributed by atoms with Crippen molar-refractivity contribution < 1.29 is 17.9 Å². The lowest BCUT2D eigenvalue weighted by molar-refractivity contribution is -0.119. The van der Waals surface area contributed by atoms with Gasteiger partial charge in [-0.05, 0) is 38.1 Å². The lowest BCUT2D eigenvalue weighted by Crippen LogP contribution is -2.42. The summed E-state index contributed by atoms with van der Waals surface area (Å²) in [5.74, 6) is 0.312. The number of nitrogens with zero attached hydrogens (tertiary/aromatic N) is 1. The second-order valence-electron chi connectivity index (χ2n) is 7.35. The molecule has 1 aliphatic heterocycles. The minimum absolute atomic E-state index is 0.211. The maximum atomic E-state index is 13.3. The number of benzene rings is 3. The van der Waals surface area contributed by atoms with Crippen molar-refractivity contribution in [2.75, 3.05) is 17.5 Å². The molecule has 0 bridgehead atoms. The first kappa shape index (κ1) is 20.9. The average Bonchev–Trinajstić information content (AvgIpc) is 2.76. The third-order valence-electron chi connectivity index (χ3n) is 5.20. The molecule has 0 spiro atoms. The fourth-order valence-corrected chi connectivity index (χ4v) is 5.39. The van der Waals surface area contributed by atoms with Gasteiger partial charge in [-0.2, -0.15) is 0 Å². The van der Waals surface area contributed by atoms with Gasteiger partial charge in [0.1, 0.15) is 12.3 Å². The highest BCUT2D eigenvalue weighted by Gasteiger charge is 2.35. The number of hydrogen-bond donors (Lipinski definition) is 1. The van der Waals surface area contributed by atoms with Gasteiger partial charge in [0.05, 0.1) is 17.2 Å². The normalized spacial score (nSPS) is 13.8. The molecule has 6 nitrogen and oxygen atoms in total. The van der Waals surface area contributed by atoms with Crippen molar-refractivity contribution in [2.24, 2.45) is 0 Å². The molecule has 7 heteroatoms. The fourth-order valence-electron chi connectivity index (χ4n) is 3.74. The summed E-state index contributed by atoms with van der Waals surface area (Å²) in [5, 5.41) is 2.82. The van der Waals surface area contributed by atoms with Crippen LogP contribution in [0.4, 0.5) is 5.69 Å². The van der Waals surface area contributed by atoms with Gasteiger partial charge in [0, 0.05) is 23.2 Å². The molecule has 160 valence electrons. The standard InChI is InChI=1S/C24H24N2O4S/c1-3-30-22-10-6-4-8-18(22)15-25-24(27)16-26-21-13-12-17(2)14-20(21)19-9-5-7-11-23(19)31(26,28)29/h4-14H,3,15-16H2,1-2H3,(H,25,27). The van der Waals surface area contributed by atoms with E-state index >= 15 is 0 Å². The number of anilines is 1. The summed E-state index contributed by atoms with van der Waals surface area (Å²) in [6.45, 7) is 4.32. The van der Waals surface area contributed by atoms with Gasteiger partial charge in [0.2, 0.25) is 5.91 Å². The van der Waals surface area contributed by atoms with Gasteiger partial charge in [-0.3, -0.25) is 9.10 Å². The summed E-state index contributed by atoms with van der Waals surface area (Å²) < 4.78 is 33.4. The highest BCUT2D eigenvalue weighted by Crippen LogP contribution is 2.43. The number of fused-ring (bicyclic) bond motifs is 3. The monoisotopic (exact) mass is 436 g/mol. The van der Waals surface area contributed by atoms with E-state index in [2.05, 4.69) is 5.32 Å². The molecule has 1 aliphatic rings. The van der Waals surface area contributed by atoms with Crippen LogP contribution in [-0.2, 0) is 21.4 Å². The summed E-state index contributed by atoms with van der Waals surface area (Å²) in [5.41, 5.74) is 3.82. The molecule has 1 amide bonds. The number of carbonyl (C=O) groups is 1. The van der Waals surface area contributed by atoms with E-state index in [9.17, 15) is 13.2 Å². The molecule has 0 atom stereocenters. The van der Waals surface area contributed by atoms with E-state index in [4.69, 9.17) is 4.74 Å². The third-order valence-corrected chi connectivity index (χ3v) is 7.02. The van der Waals surface area contributed by atoms with Gasteiger partial charge < -0.3 is 10.1 Å². The molecule has 1 N–H and O–H groups in total. The van der Waals surface area contributed by atoms with E-state index in [-0.39, 0.29) is 23.9 Å². The van der Waals surface area contributed by atoms with Crippen LogP contribution in [0.5, 0.6) is 5.75 Å². The molecule has 0 fully saturated rings. The molecule has 0 aliphatic carbocycles. The Morgan fingerprint density at radius 1 is 1.00 bits per heavy atom. The minimum atomic E-state index is -3.86. The average molecular weight is 437 g/mol.